The van der Waals surface area contributed by atoms with Gasteiger partial charge in [-0.2, -0.15) is 0 Å². The van der Waals surface area contributed by atoms with Crippen molar-refractivity contribution < 1.29 is 28.6 Å². The summed E-state index contributed by atoms with van der Waals surface area (Å²) in [5.41, 5.74) is 0. The number of hydrogen-bond donors (Lipinski definition) is 0. The summed E-state index contributed by atoms with van der Waals surface area (Å²) >= 11 is 0. The first-order valence-corrected chi connectivity index (χ1v) is 24.3. The minimum atomic E-state index is -0.831. The Morgan fingerprint density at radius 3 is 1.13 bits per heavy atom. The van der Waals surface area contributed by atoms with Crippen molar-refractivity contribution in [3.05, 3.63) is 97.2 Å². The van der Waals surface area contributed by atoms with Gasteiger partial charge in [-0.15, -0.1) is 0 Å². The van der Waals surface area contributed by atoms with E-state index in [9.17, 15) is 14.4 Å². The predicted octanol–water partition coefficient (Wildman–Crippen LogP) is 15.8. The first kappa shape index (κ1) is 56.3. The molecule has 0 radical (unpaired) electrons. The number of carbonyl (C=O) groups is 3. The van der Waals surface area contributed by atoms with E-state index in [1.54, 1.807) is 0 Å². The Morgan fingerprint density at radius 1 is 0.350 bits per heavy atom. The molecule has 0 fully saturated rings. The molecule has 0 aromatic heterocycles. The van der Waals surface area contributed by atoms with Crippen LogP contribution in [0.3, 0.4) is 0 Å². The van der Waals surface area contributed by atoms with E-state index >= 15 is 0 Å². The maximum absolute atomic E-state index is 12.7. The van der Waals surface area contributed by atoms with Crippen LogP contribution >= 0.6 is 0 Å². The normalized spacial score (nSPS) is 12.9. The van der Waals surface area contributed by atoms with Gasteiger partial charge in [0.25, 0.3) is 0 Å². The molecule has 0 amide bonds. The van der Waals surface area contributed by atoms with Gasteiger partial charge in [0.15, 0.2) is 6.10 Å². The van der Waals surface area contributed by atoms with Crippen LogP contribution in [0, 0.1) is 0 Å². The molecule has 0 spiro atoms. The molecule has 0 saturated heterocycles. The maximum Gasteiger partial charge on any atom is 0.306 e. The average molecular weight is 833 g/mol. The molecular formula is C54H88O6. The summed E-state index contributed by atoms with van der Waals surface area (Å²) in [5.74, 6) is -1.05. The van der Waals surface area contributed by atoms with Gasteiger partial charge in [0.05, 0.1) is 0 Å². The fourth-order valence-electron chi connectivity index (χ4n) is 6.28. The van der Waals surface area contributed by atoms with Crippen molar-refractivity contribution >= 4 is 17.9 Å². The highest BCUT2D eigenvalue weighted by molar-refractivity contribution is 5.71. The van der Waals surface area contributed by atoms with Crippen molar-refractivity contribution in [1.82, 2.24) is 0 Å². The molecule has 0 bridgehead atoms. The van der Waals surface area contributed by atoms with Crippen molar-refractivity contribution in [2.45, 2.75) is 213 Å². The van der Waals surface area contributed by atoms with Crippen LogP contribution < -0.4 is 0 Å². The van der Waals surface area contributed by atoms with E-state index in [1.165, 1.54) is 83.5 Å². The number of ether oxygens (including phenoxy) is 3. The Morgan fingerprint density at radius 2 is 0.683 bits per heavy atom. The minimum absolute atomic E-state index is 0.124. The lowest BCUT2D eigenvalue weighted by Gasteiger charge is -2.18. The minimum Gasteiger partial charge on any atom is -0.462 e. The van der Waals surface area contributed by atoms with Gasteiger partial charge < -0.3 is 14.2 Å². The highest BCUT2D eigenvalue weighted by Crippen LogP contribution is 2.12. The summed E-state index contributed by atoms with van der Waals surface area (Å²) < 4.78 is 16.6. The third-order valence-corrected chi connectivity index (χ3v) is 9.95. The summed E-state index contributed by atoms with van der Waals surface area (Å²) in [7, 11) is 0. The van der Waals surface area contributed by atoms with Crippen LogP contribution in [-0.2, 0) is 28.6 Å². The molecule has 0 aliphatic heterocycles. The lowest BCUT2D eigenvalue weighted by atomic mass is 10.1. The molecule has 0 rings (SSSR count). The number of esters is 3. The molecule has 0 N–H and O–H groups in total. The Labute approximate surface area is 368 Å². The average Bonchev–Trinajstić information content (AvgIpc) is 3.24. The number of hydrogen-bond acceptors (Lipinski definition) is 6. The second-order valence-electron chi connectivity index (χ2n) is 15.8. The smallest absolute Gasteiger partial charge is 0.306 e. The molecule has 1 unspecified atom stereocenters. The Kier molecular flexibility index (Phi) is 45.1. The molecule has 60 heavy (non-hydrogen) atoms. The van der Waals surface area contributed by atoms with E-state index < -0.39 is 12.1 Å². The van der Waals surface area contributed by atoms with Gasteiger partial charge in [0.1, 0.15) is 13.2 Å². The van der Waals surface area contributed by atoms with Gasteiger partial charge in [-0.3, -0.25) is 14.4 Å². The van der Waals surface area contributed by atoms with E-state index in [2.05, 4.69) is 63.3 Å². The van der Waals surface area contributed by atoms with Crippen molar-refractivity contribution in [2.24, 2.45) is 0 Å². The fraction of sp³-hybridized carbons (Fsp3) is 0.648. The van der Waals surface area contributed by atoms with Crippen molar-refractivity contribution in [3.63, 3.8) is 0 Å². The Hall–Kier alpha value is -3.67. The zero-order valence-electron chi connectivity index (χ0n) is 38.7. The molecule has 6 nitrogen and oxygen atoms in total. The zero-order valence-corrected chi connectivity index (χ0v) is 38.7. The number of carbonyl (C=O) groups excluding carboxylic acids is 3. The monoisotopic (exact) mass is 833 g/mol. The second-order valence-corrected chi connectivity index (χ2v) is 15.8. The summed E-state index contributed by atoms with van der Waals surface area (Å²) in [4.78, 5) is 37.8. The van der Waals surface area contributed by atoms with Crippen molar-refractivity contribution in [3.8, 4) is 0 Å². The van der Waals surface area contributed by atoms with Gasteiger partial charge in [0, 0.05) is 19.3 Å². The molecule has 340 valence electrons. The quantitative estimate of drug-likeness (QED) is 0.0200. The highest BCUT2D eigenvalue weighted by Gasteiger charge is 2.19. The third kappa shape index (κ3) is 45.4. The summed E-state index contributed by atoms with van der Waals surface area (Å²) in [6.45, 7) is 6.36. The fourth-order valence-corrected chi connectivity index (χ4v) is 6.28. The van der Waals surface area contributed by atoms with Crippen LogP contribution in [0.1, 0.15) is 207 Å². The standard InChI is InChI=1S/C54H88O6/c1-4-7-10-13-16-19-22-25-26-27-30-32-35-38-41-44-47-53(56)59-50-51(60-54(57)48-45-42-39-36-33-29-24-21-18-15-12-9-6-3)49-58-52(55)46-43-40-37-34-31-28-23-20-17-14-11-8-5-2/h9,12,15,18,21,24,26-33,36,39,51H,4-8,10-11,13-14,16-17,19-20,22-23,25,34-35,37-38,40-50H2,1-3H3/b12-9+,18-15+,24-21+,27-26+,31-28+,32-30+,33-29+,39-36+. The molecule has 0 aliphatic carbocycles. The maximum atomic E-state index is 12.7. The zero-order chi connectivity index (χ0) is 43.7. The van der Waals surface area contributed by atoms with Gasteiger partial charge in [-0.25, -0.2) is 0 Å². The molecular weight excluding hydrogens is 745 g/mol. The third-order valence-electron chi connectivity index (χ3n) is 9.95. The number of rotatable bonds is 42. The van der Waals surface area contributed by atoms with Gasteiger partial charge in [0.2, 0.25) is 0 Å². The van der Waals surface area contributed by atoms with Crippen LogP contribution in [-0.4, -0.2) is 37.2 Å². The summed E-state index contributed by atoms with van der Waals surface area (Å²) in [6.07, 6.45) is 62.6. The molecule has 0 aliphatic rings. The van der Waals surface area contributed by atoms with Crippen LogP contribution in [0.5, 0.6) is 0 Å². The van der Waals surface area contributed by atoms with Gasteiger partial charge in [-0.05, 0) is 83.5 Å². The molecule has 0 aromatic carbocycles. The summed E-state index contributed by atoms with van der Waals surface area (Å²) in [5, 5.41) is 0. The SMILES string of the molecule is CC/C=C/C=C/C=C/C=C/C=C/CCCC(=O)OC(COC(=O)CCCCC/C=C/C=C/CCCCCCCCC)COC(=O)CCCCC/C=C/CCCCCCCC. The van der Waals surface area contributed by atoms with Crippen molar-refractivity contribution in [2.75, 3.05) is 13.2 Å². The lowest BCUT2D eigenvalue weighted by molar-refractivity contribution is -0.167. The molecule has 0 aromatic rings. The van der Waals surface area contributed by atoms with Crippen molar-refractivity contribution in [1.29, 1.82) is 0 Å². The Bertz CT molecular complexity index is 1230. The van der Waals surface area contributed by atoms with Crippen LogP contribution in [0.25, 0.3) is 0 Å². The first-order chi connectivity index (χ1) is 29.5. The predicted molar refractivity (Wildman–Crippen MR) is 256 cm³/mol. The molecule has 1 atom stereocenters. The Balaban J connectivity index is 4.56. The largest absolute Gasteiger partial charge is 0.462 e. The number of allylic oxidation sites excluding steroid dienone is 16. The molecule has 0 saturated carbocycles. The van der Waals surface area contributed by atoms with Crippen LogP contribution in [0.2, 0.25) is 0 Å². The highest BCUT2D eigenvalue weighted by atomic mass is 16.6. The van der Waals surface area contributed by atoms with E-state index in [1.807, 2.05) is 54.7 Å². The second kappa shape index (κ2) is 48.0. The van der Waals surface area contributed by atoms with E-state index in [-0.39, 0.29) is 31.6 Å². The molecule has 0 heterocycles. The van der Waals surface area contributed by atoms with E-state index in [0.29, 0.717) is 19.3 Å². The van der Waals surface area contributed by atoms with Crippen LogP contribution in [0.15, 0.2) is 97.2 Å². The molecule has 6 heteroatoms. The summed E-state index contributed by atoms with van der Waals surface area (Å²) in [6, 6.07) is 0. The lowest BCUT2D eigenvalue weighted by Crippen LogP contribution is -2.30. The first-order valence-electron chi connectivity index (χ1n) is 24.3. The van der Waals surface area contributed by atoms with Gasteiger partial charge in [-0.1, -0.05) is 201 Å². The van der Waals surface area contributed by atoms with E-state index in [0.717, 1.165) is 77.0 Å². The van der Waals surface area contributed by atoms with Crippen LogP contribution in [0.4, 0.5) is 0 Å². The number of unbranched alkanes of at least 4 members (excludes halogenated alkanes) is 20. The van der Waals surface area contributed by atoms with Gasteiger partial charge >= 0.3 is 17.9 Å². The topological polar surface area (TPSA) is 78.9 Å². The van der Waals surface area contributed by atoms with E-state index in [4.69, 9.17) is 14.2 Å².